The van der Waals surface area contributed by atoms with Gasteiger partial charge in [0.15, 0.2) is 0 Å². The van der Waals surface area contributed by atoms with Crippen LogP contribution in [-0.4, -0.2) is 61.1 Å². The average molecular weight is 395 g/mol. The van der Waals surface area contributed by atoms with Crippen LogP contribution in [0.1, 0.15) is 0 Å². The number of nitrogens with zero attached hydrogens (tertiary/aromatic N) is 4. The van der Waals surface area contributed by atoms with E-state index in [1.807, 2.05) is 6.07 Å². The third-order valence-corrected chi connectivity index (χ3v) is 5.04. The summed E-state index contributed by atoms with van der Waals surface area (Å²) in [5, 5.41) is 3.70. The molecule has 0 amide bonds. The molecular weight excluding hydrogens is 370 g/mol. The third-order valence-electron chi connectivity index (χ3n) is 5.04. The summed E-state index contributed by atoms with van der Waals surface area (Å²) in [5.74, 6) is 0.528. The molecule has 0 spiro atoms. The second kappa shape index (κ2) is 8.59. The summed E-state index contributed by atoms with van der Waals surface area (Å²) < 4.78 is 12.0. The van der Waals surface area contributed by atoms with Crippen molar-refractivity contribution < 1.29 is 9.47 Å². The van der Waals surface area contributed by atoms with Gasteiger partial charge < -0.3 is 24.3 Å². The minimum absolute atomic E-state index is 0.128. The Morgan fingerprint density at radius 2 is 1.97 bits per heavy atom. The zero-order valence-electron chi connectivity index (χ0n) is 16.7. The Bertz CT molecular complexity index is 1040. The van der Waals surface area contributed by atoms with E-state index < -0.39 is 0 Å². The number of pyridine rings is 1. The molecule has 152 valence electrons. The van der Waals surface area contributed by atoms with E-state index >= 15 is 0 Å². The lowest BCUT2D eigenvalue weighted by atomic mass is 10.1. The Morgan fingerprint density at radius 1 is 1.21 bits per heavy atom. The van der Waals surface area contributed by atoms with Crippen LogP contribution in [0.25, 0.3) is 22.2 Å². The fraction of sp³-hybridized carbons (Fsp3) is 0.381. The van der Waals surface area contributed by atoms with Crippen LogP contribution in [0.5, 0.6) is 0 Å². The van der Waals surface area contributed by atoms with Gasteiger partial charge in [-0.25, -0.2) is 9.97 Å². The van der Waals surface area contributed by atoms with Crippen LogP contribution in [0.3, 0.4) is 0 Å². The number of aromatic nitrogens is 3. The summed E-state index contributed by atoms with van der Waals surface area (Å²) in [6.07, 6.45) is 1.54. The molecule has 8 heteroatoms. The fourth-order valence-electron chi connectivity index (χ4n) is 3.43. The molecule has 1 aromatic carbocycles. The highest BCUT2D eigenvalue weighted by atomic mass is 16.5. The lowest BCUT2D eigenvalue weighted by Gasteiger charge is -2.28. The molecule has 1 N–H and O–H groups in total. The predicted octanol–water partition coefficient (Wildman–Crippen LogP) is 1.89. The molecule has 1 aliphatic rings. The first-order chi connectivity index (χ1) is 14.2. The van der Waals surface area contributed by atoms with E-state index in [-0.39, 0.29) is 5.56 Å². The van der Waals surface area contributed by atoms with E-state index in [2.05, 4.69) is 39.5 Å². The Hall–Kier alpha value is -2.97. The molecule has 3 aromatic rings. The molecule has 0 saturated carbocycles. The first kappa shape index (κ1) is 19.4. The maximum Gasteiger partial charge on any atom is 0.264 e. The molecular formula is C21H25N5O3. The van der Waals surface area contributed by atoms with Gasteiger partial charge in [-0.15, -0.1) is 0 Å². The summed E-state index contributed by atoms with van der Waals surface area (Å²) >= 11 is 0. The highest BCUT2D eigenvalue weighted by molar-refractivity contribution is 5.91. The number of hydrogen-bond acceptors (Lipinski definition) is 7. The van der Waals surface area contributed by atoms with Crippen molar-refractivity contribution in [1.29, 1.82) is 0 Å². The first-order valence-electron chi connectivity index (χ1n) is 9.69. The number of ether oxygens (including phenoxy) is 2. The molecule has 0 atom stereocenters. The Balaban J connectivity index is 1.71. The van der Waals surface area contributed by atoms with Crippen LogP contribution < -0.4 is 15.8 Å². The largest absolute Gasteiger partial charge is 0.383 e. The van der Waals surface area contributed by atoms with Crippen LogP contribution in [0.15, 0.2) is 41.5 Å². The monoisotopic (exact) mass is 395 g/mol. The molecule has 29 heavy (non-hydrogen) atoms. The average Bonchev–Trinajstić information content (AvgIpc) is 2.77. The SMILES string of the molecule is COCCNc1nc(-c2ccc(N3CCOCC3)cc2)cc2ncn(C)c(=O)c12. The molecule has 0 unspecified atom stereocenters. The fourth-order valence-corrected chi connectivity index (χ4v) is 3.43. The number of rotatable bonds is 6. The standard InChI is InChI=1S/C21H25N5O3/c1-25-14-23-18-13-17(24-20(19(18)21(25)27)22-7-10-28-2)15-3-5-16(6-4-15)26-8-11-29-12-9-26/h3-6,13-14H,7-12H2,1-2H3,(H,22,24). The minimum Gasteiger partial charge on any atom is -0.383 e. The van der Waals surface area contributed by atoms with E-state index in [0.29, 0.717) is 29.9 Å². The number of nitrogens with one attached hydrogen (secondary N) is 1. The number of morpholine rings is 1. The maximum atomic E-state index is 12.6. The van der Waals surface area contributed by atoms with Gasteiger partial charge in [-0.1, -0.05) is 12.1 Å². The van der Waals surface area contributed by atoms with Gasteiger partial charge in [0.2, 0.25) is 0 Å². The number of fused-ring (bicyclic) bond motifs is 1. The predicted molar refractivity (Wildman–Crippen MR) is 114 cm³/mol. The molecule has 1 aliphatic heterocycles. The molecule has 0 aliphatic carbocycles. The van der Waals surface area contributed by atoms with Crippen LogP contribution in [0.2, 0.25) is 0 Å². The molecule has 4 rings (SSSR count). The normalized spacial score (nSPS) is 14.3. The molecule has 0 bridgehead atoms. The van der Waals surface area contributed by atoms with Gasteiger partial charge in [0.05, 0.1) is 37.4 Å². The van der Waals surface area contributed by atoms with E-state index in [1.165, 1.54) is 16.6 Å². The van der Waals surface area contributed by atoms with Gasteiger partial charge in [0.25, 0.3) is 5.56 Å². The van der Waals surface area contributed by atoms with Crippen molar-refractivity contribution in [3.63, 3.8) is 0 Å². The van der Waals surface area contributed by atoms with Gasteiger partial charge in [0.1, 0.15) is 11.2 Å². The van der Waals surface area contributed by atoms with Crippen molar-refractivity contribution in [1.82, 2.24) is 14.5 Å². The van der Waals surface area contributed by atoms with Crippen molar-refractivity contribution in [3.8, 4) is 11.3 Å². The quantitative estimate of drug-likeness (QED) is 0.638. The van der Waals surface area contributed by atoms with Crippen LogP contribution >= 0.6 is 0 Å². The summed E-state index contributed by atoms with van der Waals surface area (Å²) in [6, 6.07) is 10.2. The highest BCUT2D eigenvalue weighted by Crippen LogP contribution is 2.27. The maximum absolute atomic E-state index is 12.6. The molecule has 1 fully saturated rings. The van der Waals surface area contributed by atoms with Crippen LogP contribution in [0, 0.1) is 0 Å². The number of benzene rings is 1. The summed E-state index contributed by atoms with van der Waals surface area (Å²) in [7, 11) is 3.33. The van der Waals surface area contributed by atoms with E-state index in [4.69, 9.17) is 14.5 Å². The number of hydrogen-bond donors (Lipinski definition) is 1. The van der Waals surface area contributed by atoms with Gasteiger partial charge in [0, 0.05) is 45.0 Å². The van der Waals surface area contributed by atoms with Crippen molar-refractivity contribution >= 4 is 22.4 Å². The van der Waals surface area contributed by atoms with Crippen LogP contribution in [-0.2, 0) is 16.5 Å². The Kier molecular flexibility index (Phi) is 5.73. The second-order valence-corrected chi connectivity index (χ2v) is 6.98. The zero-order chi connectivity index (χ0) is 20.2. The van der Waals surface area contributed by atoms with Gasteiger partial charge >= 0.3 is 0 Å². The van der Waals surface area contributed by atoms with E-state index in [9.17, 15) is 4.79 Å². The second-order valence-electron chi connectivity index (χ2n) is 6.98. The van der Waals surface area contributed by atoms with Gasteiger partial charge in [-0.05, 0) is 18.2 Å². The summed E-state index contributed by atoms with van der Waals surface area (Å²) in [4.78, 5) is 24.1. The van der Waals surface area contributed by atoms with Crippen LogP contribution in [0.4, 0.5) is 11.5 Å². The molecule has 3 heterocycles. The molecule has 1 saturated heterocycles. The van der Waals surface area contributed by atoms with Gasteiger partial charge in [-0.2, -0.15) is 0 Å². The summed E-state index contributed by atoms with van der Waals surface area (Å²) in [6.45, 7) is 4.37. The van der Waals surface area contributed by atoms with Crippen molar-refractivity contribution in [2.24, 2.45) is 7.05 Å². The van der Waals surface area contributed by atoms with Gasteiger partial charge in [-0.3, -0.25) is 4.79 Å². The van der Waals surface area contributed by atoms with Crippen molar-refractivity contribution in [3.05, 3.63) is 47.0 Å². The number of aryl methyl sites for hydroxylation is 1. The lowest BCUT2D eigenvalue weighted by molar-refractivity contribution is 0.122. The Labute approximate surface area is 169 Å². The lowest BCUT2D eigenvalue weighted by Crippen LogP contribution is -2.36. The number of anilines is 2. The summed E-state index contributed by atoms with van der Waals surface area (Å²) in [5.41, 5.74) is 3.41. The molecule has 2 aromatic heterocycles. The molecule has 0 radical (unpaired) electrons. The first-order valence-corrected chi connectivity index (χ1v) is 9.69. The zero-order valence-corrected chi connectivity index (χ0v) is 16.7. The smallest absolute Gasteiger partial charge is 0.264 e. The van der Waals surface area contributed by atoms with E-state index in [0.717, 1.165) is 37.6 Å². The highest BCUT2D eigenvalue weighted by Gasteiger charge is 2.14. The molecule has 8 nitrogen and oxygen atoms in total. The minimum atomic E-state index is -0.128. The van der Waals surface area contributed by atoms with E-state index in [1.54, 1.807) is 14.2 Å². The van der Waals surface area contributed by atoms with Crippen molar-refractivity contribution in [2.75, 3.05) is 56.8 Å². The Morgan fingerprint density at radius 3 is 2.69 bits per heavy atom. The van der Waals surface area contributed by atoms with Crippen molar-refractivity contribution in [2.45, 2.75) is 0 Å². The number of methoxy groups -OCH3 is 1. The third kappa shape index (κ3) is 4.08. The topological polar surface area (TPSA) is 81.5 Å².